The standard InChI is InChI=1S/C25H26BrN3O4S/c1-16(2)11-12-32-22-10-8-19(14-21(22)26)24(31)27-25(34)29-28-23(30)15-33-20-9-7-17-5-3-4-6-18(17)13-20/h3-10,13-14,16H,11-12,15H2,1-2H3,(H,28,30)(H2,27,29,31,34). The van der Waals surface area contributed by atoms with E-state index in [0.717, 1.165) is 17.2 Å². The van der Waals surface area contributed by atoms with Crippen molar-refractivity contribution < 1.29 is 19.1 Å². The number of amides is 2. The van der Waals surface area contributed by atoms with Crippen molar-refractivity contribution in [3.63, 3.8) is 0 Å². The van der Waals surface area contributed by atoms with Crippen molar-refractivity contribution in [1.82, 2.24) is 16.2 Å². The van der Waals surface area contributed by atoms with E-state index in [4.69, 9.17) is 21.7 Å². The zero-order valence-corrected chi connectivity index (χ0v) is 21.3. The molecule has 9 heteroatoms. The molecule has 7 nitrogen and oxygen atoms in total. The van der Waals surface area contributed by atoms with Crippen molar-refractivity contribution >= 4 is 55.8 Å². The zero-order valence-electron chi connectivity index (χ0n) is 18.9. The average Bonchev–Trinajstić information content (AvgIpc) is 2.82. The summed E-state index contributed by atoms with van der Waals surface area (Å²) < 4.78 is 11.9. The van der Waals surface area contributed by atoms with E-state index in [0.29, 0.717) is 34.1 Å². The van der Waals surface area contributed by atoms with Gasteiger partial charge >= 0.3 is 0 Å². The first-order valence-corrected chi connectivity index (χ1v) is 12.0. The Morgan fingerprint density at radius 3 is 2.47 bits per heavy atom. The van der Waals surface area contributed by atoms with Crippen molar-refractivity contribution in [2.24, 2.45) is 5.92 Å². The number of ether oxygens (including phenoxy) is 2. The number of hydrogen-bond acceptors (Lipinski definition) is 5. The molecule has 0 unspecified atom stereocenters. The Kier molecular flexibility index (Phi) is 9.24. The van der Waals surface area contributed by atoms with E-state index >= 15 is 0 Å². The number of hydrazine groups is 1. The molecule has 34 heavy (non-hydrogen) atoms. The minimum Gasteiger partial charge on any atom is -0.492 e. The lowest BCUT2D eigenvalue weighted by atomic mass is 10.1. The third kappa shape index (κ3) is 7.71. The second-order valence-electron chi connectivity index (χ2n) is 7.93. The topological polar surface area (TPSA) is 88.7 Å². The summed E-state index contributed by atoms with van der Waals surface area (Å²) >= 11 is 8.51. The third-order valence-corrected chi connectivity index (χ3v) is 5.60. The molecular weight excluding hydrogens is 518 g/mol. The molecule has 0 radical (unpaired) electrons. The summed E-state index contributed by atoms with van der Waals surface area (Å²) in [6.07, 6.45) is 0.938. The van der Waals surface area contributed by atoms with Gasteiger partial charge in [0, 0.05) is 5.56 Å². The van der Waals surface area contributed by atoms with Gasteiger partial charge in [-0.1, -0.05) is 44.2 Å². The van der Waals surface area contributed by atoms with Gasteiger partial charge in [-0.3, -0.25) is 25.8 Å². The summed E-state index contributed by atoms with van der Waals surface area (Å²) in [6.45, 7) is 4.64. The number of fused-ring (bicyclic) bond motifs is 1. The minimum absolute atomic E-state index is 0.0440. The van der Waals surface area contributed by atoms with Crippen LogP contribution in [0.4, 0.5) is 0 Å². The first-order valence-electron chi connectivity index (χ1n) is 10.8. The molecule has 0 aliphatic rings. The average molecular weight is 544 g/mol. The molecule has 2 amide bonds. The smallest absolute Gasteiger partial charge is 0.276 e. The number of benzene rings is 3. The third-order valence-electron chi connectivity index (χ3n) is 4.78. The zero-order chi connectivity index (χ0) is 24.5. The Hall–Kier alpha value is -3.17. The Balaban J connectivity index is 1.42. The van der Waals surface area contributed by atoms with Gasteiger partial charge < -0.3 is 9.47 Å². The fraction of sp³-hybridized carbons (Fsp3) is 0.240. The number of nitrogens with one attached hydrogen (secondary N) is 3. The highest BCUT2D eigenvalue weighted by Crippen LogP contribution is 2.26. The summed E-state index contributed by atoms with van der Waals surface area (Å²) in [4.78, 5) is 24.5. The highest BCUT2D eigenvalue weighted by molar-refractivity contribution is 9.10. The van der Waals surface area contributed by atoms with E-state index < -0.39 is 11.8 Å². The van der Waals surface area contributed by atoms with Crippen molar-refractivity contribution in [2.45, 2.75) is 20.3 Å². The summed E-state index contributed by atoms with van der Waals surface area (Å²) in [7, 11) is 0. The molecule has 0 heterocycles. The van der Waals surface area contributed by atoms with Crippen LogP contribution >= 0.6 is 28.1 Å². The minimum atomic E-state index is -0.449. The predicted molar refractivity (Wildman–Crippen MR) is 140 cm³/mol. The summed E-state index contributed by atoms with van der Waals surface area (Å²) in [5.74, 6) is 0.913. The quantitative estimate of drug-likeness (QED) is 0.281. The lowest BCUT2D eigenvalue weighted by Crippen LogP contribution is -2.49. The molecular formula is C25H26BrN3O4S. The second kappa shape index (κ2) is 12.3. The van der Waals surface area contributed by atoms with E-state index in [9.17, 15) is 9.59 Å². The summed E-state index contributed by atoms with van der Waals surface area (Å²) in [6, 6.07) is 18.5. The van der Waals surface area contributed by atoms with Crippen LogP contribution in [0.2, 0.25) is 0 Å². The Morgan fingerprint density at radius 1 is 0.971 bits per heavy atom. The van der Waals surface area contributed by atoms with Crippen molar-refractivity contribution in [3.05, 3.63) is 70.7 Å². The van der Waals surface area contributed by atoms with Gasteiger partial charge in [-0.2, -0.15) is 0 Å². The Bertz CT molecular complexity index is 1190. The molecule has 0 aromatic heterocycles. The Morgan fingerprint density at radius 2 is 1.74 bits per heavy atom. The first kappa shape index (κ1) is 25.5. The van der Waals surface area contributed by atoms with Crippen LogP contribution in [0.15, 0.2) is 65.1 Å². The van der Waals surface area contributed by atoms with Gasteiger partial charge in [-0.15, -0.1) is 0 Å². The largest absolute Gasteiger partial charge is 0.492 e. The maximum absolute atomic E-state index is 12.4. The van der Waals surface area contributed by atoms with E-state index in [1.807, 2.05) is 36.4 Å². The van der Waals surface area contributed by atoms with Crippen LogP contribution in [0, 0.1) is 5.92 Å². The van der Waals surface area contributed by atoms with Crippen LogP contribution in [0.5, 0.6) is 11.5 Å². The summed E-state index contributed by atoms with van der Waals surface area (Å²) in [5.41, 5.74) is 5.28. The molecule has 3 N–H and O–H groups in total. The van der Waals surface area contributed by atoms with E-state index in [2.05, 4.69) is 45.9 Å². The maximum atomic E-state index is 12.4. The molecule has 0 saturated carbocycles. The van der Waals surface area contributed by atoms with Gasteiger partial charge in [-0.05, 0) is 81.6 Å². The van der Waals surface area contributed by atoms with Gasteiger partial charge in [0.15, 0.2) is 11.7 Å². The van der Waals surface area contributed by atoms with Crippen LogP contribution in [-0.4, -0.2) is 30.1 Å². The van der Waals surface area contributed by atoms with Gasteiger partial charge in [0.25, 0.3) is 11.8 Å². The second-order valence-corrected chi connectivity index (χ2v) is 9.19. The molecule has 3 rings (SSSR count). The highest BCUT2D eigenvalue weighted by atomic mass is 79.9. The van der Waals surface area contributed by atoms with Crippen LogP contribution < -0.4 is 25.6 Å². The lowest BCUT2D eigenvalue weighted by molar-refractivity contribution is -0.123. The van der Waals surface area contributed by atoms with E-state index in [-0.39, 0.29) is 11.7 Å². The molecule has 178 valence electrons. The van der Waals surface area contributed by atoms with Crippen molar-refractivity contribution in [1.29, 1.82) is 0 Å². The number of carbonyl (C=O) groups excluding carboxylic acids is 2. The van der Waals surface area contributed by atoms with Gasteiger partial charge in [0.05, 0.1) is 11.1 Å². The van der Waals surface area contributed by atoms with Crippen LogP contribution in [-0.2, 0) is 4.79 Å². The van der Waals surface area contributed by atoms with Crippen molar-refractivity contribution in [3.8, 4) is 11.5 Å². The lowest BCUT2D eigenvalue weighted by Gasteiger charge is -2.13. The molecule has 3 aromatic carbocycles. The molecule has 3 aromatic rings. The molecule has 0 spiro atoms. The van der Waals surface area contributed by atoms with Gasteiger partial charge in [0.1, 0.15) is 11.5 Å². The van der Waals surface area contributed by atoms with Crippen LogP contribution in [0.25, 0.3) is 10.8 Å². The van der Waals surface area contributed by atoms with Crippen molar-refractivity contribution in [2.75, 3.05) is 13.2 Å². The van der Waals surface area contributed by atoms with Crippen LogP contribution in [0.1, 0.15) is 30.6 Å². The van der Waals surface area contributed by atoms with E-state index in [1.165, 1.54) is 0 Å². The SMILES string of the molecule is CC(C)CCOc1ccc(C(=O)NC(=S)NNC(=O)COc2ccc3ccccc3c2)cc1Br. The fourth-order valence-corrected chi connectivity index (χ4v) is 3.58. The number of halogens is 1. The van der Waals surface area contributed by atoms with E-state index in [1.54, 1.807) is 24.3 Å². The number of hydrogen-bond donors (Lipinski definition) is 3. The number of thiocarbonyl (C=S) groups is 1. The number of rotatable bonds is 8. The van der Waals surface area contributed by atoms with Gasteiger partial charge in [0.2, 0.25) is 0 Å². The highest BCUT2D eigenvalue weighted by Gasteiger charge is 2.12. The molecule has 0 aliphatic carbocycles. The molecule has 0 fully saturated rings. The Labute approximate surface area is 212 Å². The van der Waals surface area contributed by atoms with Crippen LogP contribution in [0.3, 0.4) is 0 Å². The number of carbonyl (C=O) groups is 2. The predicted octanol–water partition coefficient (Wildman–Crippen LogP) is 4.74. The fourth-order valence-electron chi connectivity index (χ4n) is 2.94. The first-order chi connectivity index (χ1) is 16.3. The molecule has 0 bridgehead atoms. The van der Waals surface area contributed by atoms with Gasteiger partial charge in [-0.25, -0.2) is 0 Å². The summed E-state index contributed by atoms with van der Waals surface area (Å²) in [5, 5.41) is 4.57. The molecule has 0 saturated heterocycles. The normalized spacial score (nSPS) is 10.6. The maximum Gasteiger partial charge on any atom is 0.276 e. The monoisotopic (exact) mass is 543 g/mol. The molecule has 0 aliphatic heterocycles. The molecule has 0 atom stereocenters.